The third kappa shape index (κ3) is 5.53. The van der Waals surface area contributed by atoms with Crippen LogP contribution in [0.1, 0.15) is 9.60 Å². The third-order valence-electron chi connectivity index (χ3n) is 12.5. The van der Waals surface area contributed by atoms with Crippen molar-refractivity contribution in [2.24, 2.45) is 0 Å². The zero-order chi connectivity index (χ0) is 47.5. The molecule has 0 aliphatic rings. The summed E-state index contributed by atoms with van der Waals surface area (Å²) in [6.45, 7) is 0. The molecule has 3 heterocycles. The lowest BCUT2D eigenvalue weighted by Gasteiger charge is -2.12. The first-order valence-electron chi connectivity index (χ1n) is 24.6. The molecule has 13 aromatic rings. The number of benzene rings is 10. The summed E-state index contributed by atoms with van der Waals surface area (Å²) in [6.07, 6.45) is 0. The molecule has 0 unspecified atom stereocenters. The largest absolute Gasteiger partial charge is 0.309 e. The molecule has 0 spiro atoms. The Morgan fingerprint density at radius 3 is 1.70 bits per heavy atom. The van der Waals surface area contributed by atoms with Crippen LogP contribution < -0.4 is 0 Å². The van der Waals surface area contributed by atoms with Crippen LogP contribution in [0.25, 0.3) is 116 Å². The van der Waals surface area contributed by atoms with Crippen molar-refractivity contribution in [2.75, 3.05) is 0 Å². The minimum atomic E-state index is -0.427. The molecule has 0 fully saturated rings. The second-order valence-corrected chi connectivity index (χ2v) is 16.0. The predicted molar refractivity (Wildman–Crippen MR) is 266 cm³/mol. The maximum absolute atomic E-state index is 10.0. The lowest BCUT2D eigenvalue weighted by atomic mass is 9.97. The van der Waals surface area contributed by atoms with E-state index < -0.39 is 12.1 Å². The van der Waals surface area contributed by atoms with E-state index >= 15 is 0 Å². The van der Waals surface area contributed by atoms with Crippen molar-refractivity contribution in [3.8, 4) is 50.4 Å². The molecule has 13 rings (SSSR count). The smallest absolute Gasteiger partial charge is 0.0645 e. The summed E-state index contributed by atoms with van der Waals surface area (Å²) >= 11 is 0. The van der Waals surface area contributed by atoms with E-state index in [9.17, 15) is 6.85 Å². The van der Waals surface area contributed by atoms with E-state index in [0.29, 0.717) is 11.3 Å². The van der Waals surface area contributed by atoms with Crippen molar-refractivity contribution in [3.05, 3.63) is 236 Å². The van der Waals surface area contributed by atoms with Gasteiger partial charge in [0.15, 0.2) is 0 Å². The Morgan fingerprint density at radius 2 is 0.873 bits per heavy atom. The van der Waals surface area contributed by atoms with Crippen LogP contribution in [0.2, 0.25) is 0 Å². The van der Waals surface area contributed by atoms with Crippen molar-refractivity contribution in [3.63, 3.8) is 0 Å². The molecule has 0 atom stereocenters. The van der Waals surface area contributed by atoms with Gasteiger partial charge in [0, 0.05) is 49.4 Å². The molecule has 0 amide bonds. The fourth-order valence-electron chi connectivity index (χ4n) is 9.67. The topological polar surface area (TPSA) is 14.8 Å². The van der Waals surface area contributed by atoms with Gasteiger partial charge in [-0.25, -0.2) is 0 Å². The Labute approximate surface area is 374 Å². The summed E-state index contributed by atoms with van der Waals surface area (Å²) in [6, 6.07) is 63.7. The average Bonchev–Trinajstić information content (AvgIpc) is 4.06. The molecular weight excluding hydrogens is 763 g/mol. The van der Waals surface area contributed by atoms with Gasteiger partial charge < -0.3 is 13.7 Å². The monoisotopic (exact) mass is 808 g/mol. The first-order valence-corrected chi connectivity index (χ1v) is 21.1. The number of hydrogen-bond acceptors (Lipinski definition) is 0. The standard InChI is InChI=1S/C60H39N3/c1-4-15-40(16-5-1)41-27-31-46(32-28-41)61-55-25-13-11-22-50(55)52-37-43(29-35-56(52)61)44-30-36-57-53(38-44)60-48(42-17-6-2-7-18-42)23-14-26-58(60)63(57)47-33-34-51-49-21-10-12-24-54(49)62(59(51)39-47)45-19-8-3-9-20-45/h1-39H/i11D,13D,22D,25D,29D,35D,37D. The zero-order valence-corrected chi connectivity index (χ0v) is 33.8. The minimum Gasteiger partial charge on any atom is -0.309 e. The lowest BCUT2D eigenvalue weighted by Crippen LogP contribution is -1.97. The van der Waals surface area contributed by atoms with Crippen molar-refractivity contribution in [1.82, 2.24) is 13.7 Å². The van der Waals surface area contributed by atoms with Gasteiger partial charge in [0.2, 0.25) is 0 Å². The summed E-state index contributed by atoms with van der Waals surface area (Å²) in [5.41, 5.74) is 11.7. The number of hydrogen-bond donors (Lipinski definition) is 0. The molecule has 0 aliphatic heterocycles. The molecule has 3 aromatic heterocycles. The molecule has 63 heavy (non-hydrogen) atoms. The number of nitrogens with zero attached hydrogens (tertiary/aromatic N) is 3. The Hall–Kier alpha value is -8.40. The summed E-state index contributed by atoms with van der Waals surface area (Å²) < 4.78 is 71.7. The van der Waals surface area contributed by atoms with E-state index in [2.05, 4.69) is 106 Å². The number of fused-ring (bicyclic) bond motifs is 9. The van der Waals surface area contributed by atoms with Crippen LogP contribution in [-0.2, 0) is 0 Å². The van der Waals surface area contributed by atoms with Gasteiger partial charge in [-0.15, -0.1) is 0 Å². The van der Waals surface area contributed by atoms with E-state index in [1.54, 1.807) is 4.57 Å². The van der Waals surface area contributed by atoms with Gasteiger partial charge in [-0.1, -0.05) is 158 Å². The molecule has 0 radical (unpaired) electrons. The van der Waals surface area contributed by atoms with Crippen molar-refractivity contribution in [1.29, 1.82) is 0 Å². The maximum atomic E-state index is 10.0. The molecule has 3 nitrogen and oxygen atoms in total. The fraction of sp³-hybridized carbons (Fsp3) is 0. The van der Waals surface area contributed by atoms with Gasteiger partial charge in [0.25, 0.3) is 0 Å². The molecule has 0 bridgehead atoms. The van der Waals surface area contributed by atoms with Crippen LogP contribution in [0, 0.1) is 0 Å². The zero-order valence-electron chi connectivity index (χ0n) is 40.8. The van der Waals surface area contributed by atoms with E-state index in [4.69, 9.17) is 2.74 Å². The molecule has 10 aromatic carbocycles. The van der Waals surface area contributed by atoms with Crippen LogP contribution >= 0.6 is 0 Å². The molecule has 0 saturated carbocycles. The molecular formula is C60H39N3. The highest BCUT2D eigenvalue weighted by Gasteiger charge is 2.20. The first-order chi connectivity index (χ1) is 34.2. The Kier molecular flexibility index (Phi) is 6.48. The average molecular weight is 809 g/mol. The van der Waals surface area contributed by atoms with E-state index in [0.717, 1.165) is 77.2 Å². The highest BCUT2D eigenvalue weighted by Crippen LogP contribution is 2.43. The van der Waals surface area contributed by atoms with Crippen LogP contribution in [-0.4, -0.2) is 13.7 Å². The lowest BCUT2D eigenvalue weighted by molar-refractivity contribution is 1.15. The summed E-state index contributed by atoms with van der Waals surface area (Å²) in [5.74, 6) is 0. The van der Waals surface area contributed by atoms with Crippen LogP contribution in [0.15, 0.2) is 236 Å². The SMILES string of the molecule is [2H]c1c([2H])c([2H])c2c(c1[2H])c1c([2H])c(-c3ccc4c(c3)c3c(-c5ccccc5)cccc3n4-c3ccc4c5ccccc5n(-c5ccccc5)c4c3)c([2H])c([2H])c1n2-c1ccc(-c2ccccc2)cc1. The highest BCUT2D eigenvalue weighted by atomic mass is 15.0. The molecule has 0 saturated heterocycles. The van der Waals surface area contributed by atoms with Crippen molar-refractivity contribution < 1.29 is 9.60 Å². The van der Waals surface area contributed by atoms with Gasteiger partial charge in [-0.3, -0.25) is 0 Å². The van der Waals surface area contributed by atoms with E-state index in [1.165, 1.54) is 0 Å². The fourth-order valence-corrected chi connectivity index (χ4v) is 9.67. The van der Waals surface area contributed by atoms with Crippen LogP contribution in [0.4, 0.5) is 0 Å². The summed E-state index contributed by atoms with van der Waals surface area (Å²) in [7, 11) is 0. The Bertz CT molecular complexity index is 4290. The molecule has 3 heteroatoms. The second kappa shape index (κ2) is 14.1. The van der Waals surface area contributed by atoms with Gasteiger partial charge in [-0.2, -0.15) is 0 Å². The predicted octanol–water partition coefficient (Wildman–Crippen LogP) is 16.0. The summed E-state index contributed by atoms with van der Waals surface area (Å²) in [5, 5.41) is 4.51. The van der Waals surface area contributed by atoms with Crippen molar-refractivity contribution >= 4 is 65.4 Å². The van der Waals surface area contributed by atoms with E-state index in [-0.39, 0.29) is 57.6 Å². The maximum Gasteiger partial charge on any atom is 0.0645 e. The van der Waals surface area contributed by atoms with Gasteiger partial charge in [-0.05, 0) is 112 Å². The van der Waals surface area contributed by atoms with Crippen LogP contribution in [0.3, 0.4) is 0 Å². The van der Waals surface area contributed by atoms with Gasteiger partial charge in [0.05, 0.1) is 42.7 Å². The van der Waals surface area contributed by atoms with Crippen molar-refractivity contribution in [2.45, 2.75) is 0 Å². The normalized spacial score (nSPS) is 13.4. The quantitative estimate of drug-likeness (QED) is 0.159. The Morgan fingerprint density at radius 1 is 0.286 bits per heavy atom. The van der Waals surface area contributed by atoms with E-state index in [1.807, 2.05) is 97.1 Å². The minimum absolute atomic E-state index is 0.0868. The molecule has 0 N–H and O–H groups in total. The van der Waals surface area contributed by atoms with Crippen LogP contribution in [0.5, 0.6) is 0 Å². The number of aromatic nitrogens is 3. The molecule has 0 aliphatic carbocycles. The van der Waals surface area contributed by atoms with Gasteiger partial charge >= 0.3 is 0 Å². The number of rotatable bonds is 6. The summed E-state index contributed by atoms with van der Waals surface area (Å²) in [4.78, 5) is 0. The number of para-hydroxylation sites is 3. The first kappa shape index (κ1) is 29.0. The Balaban J connectivity index is 1.08. The second-order valence-electron chi connectivity index (χ2n) is 16.0. The molecule has 294 valence electrons. The highest BCUT2D eigenvalue weighted by molar-refractivity contribution is 6.18. The van der Waals surface area contributed by atoms with Gasteiger partial charge in [0.1, 0.15) is 0 Å². The third-order valence-corrected chi connectivity index (χ3v) is 12.5.